The predicted octanol–water partition coefficient (Wildman–Crippen LogP) is 3.90. The van der Waals surface area contributed by atoms with Crippen molar-refractivity contribution in [1.29, 1.82) is 0 Å². The van der Waals surface area contributed by atoms with Crippen LogP contribution in [0.25, 0.3) is 0 Å². The molecule has 9 heteroatoms. The molecule has 0 radical (unpaired) electrons. The Morgan fingerprint density at radius 1 is 1.07 bits per heavy atom. The van der Waals surface area contributed by atoms with Crippen LogP contribution in [0.1, 0.15) is 23.1 Å². The zero-order valence-electron chi connectivity index (χ0n) is 15.1. The summed E-state index contributed by atoms with van der Waals surface area (Å²) < 4.78 is 26.9. The second-order valence-electron chi connectivity index (χ2n) is 5.93. The van der Waals surface area contributed by atoms with Crippen molar-refractivity contribution in [2.75, 3.05) is 5.75 Å². The zero-order valence-corrected chi connectivity index (χ0v) is 17.5. The number of sulfone groups is 1. The highest BCUT2D eigenvalue weighted by Gasteiger charge is 2.21. The van der Waals surface area contributed by atoms with Crippen molar-refractivity contribution < 1.29 is 13.2 Å². The summed E-state index contributed by atoms with van der Waals surface area (Å²) in [5, 5.41) is 9.21. The van der Waals surface area contributed by atoms with Crippen molar-refractivity contribution in [3.63, 3.8) is 0 Å². The maximum Gasteiger partial charge on any atom is 0.191 e. The minimum absolute atomic E-state index is 0.0641. The van der Waals surface area contributed by atoms with Gasteiger partial charge in [-0.25, -0.2) is 8.42 Å². The lowest BCUT2D eigenvalue weighted by Crippen LogP contribution is -2.11. The molecule has 0 bridgehead atoms. The molecule has 0 fully saturated rings. The summed E-state index contributed by atoms with van der Waals surface area (Å²) in [5.74, 6) is 0.216. The van der Waals surface area contributed by atoms with E-state index < -0.39 is 9.84 Å². The Morgan fingerprint density at radius 2 is 1.75 bits per heavy atom. The molecule has 146 valence electrons. The van der Waals surface area contributed by atoms with Crippen LogP contribution < -0.4 is 0 Å². The number of hydrogen-bond acceptors (Lipinski definition) is 6. The first-order valence-electron chi connectivity index (χ1n) is 8.52. The van der Waals surface area contributed by atoms with Gasteiger partial charge in [0.1, 0.15) is 11.6 Å². The molecule has 1 heterocycles. The number of Topliss-reactive ketones (excluding diaryl/α,β-unsaturated/α-hetero) is 1. The number of hydrogen-bond donors (Lipinski definition) is 0. The van der Waals surface area contributed by atoms with Crippen LogP contribution >= 0.6 is 23.4 Å². The Morgan fingerprint density at radius 3 is 2.39 bits per heavy atom. The highest BCUT2D eigenvalue weighted by molar-refractivity contribution is 7.99. The number of ketones is 1. The highest BCUT2D eigenvalue weighted by atomic mass is 35.5. The minimum Gasteiger partial charge on any atom is -0.305 e. The fourth-order valence-electron chi connectivity index (χ4n) is 2.58. The Hall–Kier alpha value is -2.16. The second kappa shape index (κ2) is 8.89. The van der Waals surface area contributed by atoms with Crippen molar-refractivity contribution in [3.05, 3.63) is 71.0 Å². The molecular formula is C19H18ClN3O3S2. The molecule has 0 aliphatic carbocycles. The summed E-state index contributed by atoms with van der Waals surface area (Å²) in [7, 11) is -3.52. The van der Waals surface area contributed by atoms with Gasteiger partial charge in [-0.15, -0.1) is 10.2 Å². The molecule has 28 heavy (non-hydrogen) atoms. The van der Waals surface area contributed by atoms with Gasteiger partial charge in [-0.2, -0.15) is 0 Å². The van der Waals surface area contributed by atoms with Crippen LogP contribution in [0.4, 0.5) is 0 Å². The van der Waals surface area contributed by atoms with E-state index in [1.165, 1.54) is 11.8 Å². The van der Waals surface area contributed by atoms with E-state index in [1.807, 2.05) is 6.92 Å². The van der Waals surface area contributed by atoms with Crippen LogP contribution in [0, 0.1) is 0 Å². The SMILES string of the molecule is CCn1c(CS(=O)(=O)c2ccccc2)nnc1SCC(=O)c1ccc(Cl)cc1. The van der Waals surface area contributed by atoms with Gasteiger partial charge in [-0.3, -0.25) is 4.79 Å². The fraction of sp³-hybridized carbons (Fsp3) is 0.211. The first kappa shape index (κ1) is 20.6. The largest absolute Gasteiger partial charge is 0.305 e. The van der Waals surface area contributed by atoms with Crippen LogP contribution in [0.15, 0.2) is 64.6 Å². The van der Waals surface area contributed by atoms with Gasteiger partial charge in [0.05, 0.1) is 10.6 Å². The lowest BCUT2D eigenvalue weighted by Gasteiger charge is -2.08. The molecule has 0 saturated heterocycles. The molecule has 0 unspecified atom stereocenters. The molecular weight excluding hydrogens is 418 g/mol. The summed E-state index contributed by atoms with van der Waals surface area (Å²) in [6.07, 6.45) is 0. The van der Waals surface area contributed by atoms with Gasteiger partial charge in [0, 0.05) is 17.1 Å². The Bertz CT molecular complexity index is 1070. The summed E-state index contributed by atoms with van der Waals surface area (Å²) >= 11 is 7.07. The van der Waals surface area contributed by atoms with E-state index in [9.17, 15) is 13.2 Å². The van der Waals surface area contributed by atoms with Crippen LogP contribution in [-0.4, -0.2) is 34.7 Å². The molecule has 0 saturated carbocycles. The van der Waals surface area contributed by atoms with E-state index >= 15 is 0 Å². The minimum atomic E-state index is -3.52. The van der Waals surface area contributed by atoms with Crippen molar-refractivity contribution in [2.24, 2.45) is 0 Å². The topological polar surface area (TPSA) is 81.9 Å². The Kier molecular flexibility index (Phi) is 6.53. The van der Waals surface area contributed by atoms with E-state index in [0.717, 1.165) is 0 Å². The van der Waals surface area contributed by atoms with Crippen molar-refractivity contribution in [2.45, 2.75) is 29.3 Å². The van der Waals surface area contributed by atoms with Gasteiger partial charge in [0.2, 0.25) is 0 Å². The number of carbonyl (C=O) groups is 1. The fourth-order valence-corrected chi connectivity index (χ4v) is 4.91. The Balaban J connectivity index is 1.73. The molecule has 1 aromatic heterocycles. The molecule has 2 aromatic carbocycles. The summed E-state index contributed by atoms with van der Waals surface area (Å²) in [6.45, 7) is 2.39. The van der Waals surface area contributed by atoms with Crippen molar-refractivity contribution >= 4 is 39.0 Å². The van der Waals surface area contributed by atoms with E-state index in [4.69, 9.17) is 11.6 Å². The first-order valence-corrected chi connectivity index (χ1v) is 11.5. The van der Waals surface area contributed by atoms with Gasteiger partial charge in [0.25, 0.3) is 0 Å². The molecule has 0 aliphatic rings. The second-order valence-corrected chi connectivity index (χ2v) is 9.30. The van der Waals surface area contributed by atoms with Crippen molar-refractivity contribution in [1.82, 2.24) is 14.8 Å². The molecule has 0 spiro atoms. The van der Waals surface area contributed by atoms with E-state index in [2.05, 4.69) is 10.2 Å². The highest BCUT2D eigenvalue weighted by Crippen LogP contribution is 2.22. The average molecular weight is 436 g/mol. The first-order chi connectivity index (χ1) is 13.4. The number of nitrogens with zero attached hydrogens (tertiary/aromatic N) is 3. The van der Waals surface area contributed by atoms with E-state index in [-0.39, 0.29) is 22.2 Å². The van der Waals surface area contributed by atoms with Gasteiger partial charge in [0.15, 0.2) is 20.8 Å². The van der Waals surface area contributed by atoms with Gasteiger partial charge < -0.3 is 4.57 Å². The zero-order chi connectivity index (χ0) is 20.1. The monoisotopic (exact) mass is 435 g/mol. The quantitative estimate of drug-likeness (QED) is 0.394. The average Bonchev–Trinajstić information content (AvgIpc) is 3.08. The smallest absolute Gasteiger partial charge is 0.191 e. The summed E-state index contributed by atoms with van der Waals surface area (Å²) in [6, 6.07) is 14.9. The van der Waals surface area contributed by atoms with Crippen LogP contribution in [0.5, 0.6) is 0 Å². The van der Waals surface area contributed by atoms with Crippen LogP contribution in [-0.2, 0) is 22.1 Å². The molecule has 0 amide bonds. The van der Waals surface area contributed by atoms with E-state index in [1.54, 1.807) is 59.2 Å². The molecule has 6 nitrogen and oxygen atoms in total. The van der Waals surface area contributed by atoms with Crippen LogP contribution in [0.3, 0.4) is 0 Å². The third kappa shape index (κ3) is 4.81. The molecule has 3 aromatic rings. The van der Waals surface area contributed by atoms with Crippen LogP contribution in [0.2, 0.25) is 5.02 Å². The molecule has 0 aliphatic heterocycles. The van der Waals surface area contributed by atoms with Crippen molar-refractivity contribution in [3.8, 4) is 0 Å². The molecule has 0 atom stereocenters. The standard InChI is InChI=1S/C19H18ClN3O3S2/c1-2-23-18(13-28(25,26)16-6-4-3-5-7-16)21-22-19(23)27-12-17(24)14-8-10-15(20)11-9-14/h3-11H,2,12-13H2,1H3. The summed E-state index contributed by atoms with van der Waals surface area (Å²) in [4.78, 5) is 12.6. The number of rotatable bonds is 8. The predicted molar refractivity (Wildman–Crippen MR) is 110 cm³/mol. The van der Waals surface area contributed by atoms with Gasteiger partial charge >= 0.3 is 0 Å². The van der Waals surface area contributed by atoms with Gasteiger partial charge in [-0.05, 0) is 43.3 Å². The maximum absolute atomic E-state index is 12.6. The third-order valence-electron chi connectivity index (χ3n) is 4.03. The maximum atomic E-state index is 12.6. The normalized spacial score (nSPS) is 11.5. The third-order valence-corrected chi connectivity index (χ3v) is 6.88. The number of thioether (sulfide) groups is 1. The summed E-state index contributed by atoms with van der Waals surface area (Å²) in [5.41, 5.74) is 0.561. The number of halogens is 1. The Labute approximate surface area is 172 Å². The van der Waals surface area contributed by atoms with Gasteiger partial charge in [-0.1, -0.05) is 41.6 Å². The lowest BCUT2D eigenvalue weighted by atomic mass is 10.1. The lowest BCUT2D eigenvalue weighted by molar-refractivity contribution is 0.102. The molecule has 3 rings (SSSR count). The number of benzene rings is 2. The van der Waals surface area contributed by atoms with E-state index in [0.29, 0.717) is 28.1 Å². The molecule has 0 N–H and O–H groups in total. The number of carbonyl (C=O) groups excluding carboxylic acids is 1. The number of aromatic nitrogens is 3.